The summed E-state index contributed by atoms with van der Waals surface area (Å²) in [7, 11) is 3.79. The number of halogens is 2. The smallest absolute Gasteiger partial charge is 0.209 e. The van der Waals surface area contributed by atoms with Gasteiger partial charge >= 0.3 is 0 Å². The number of aliphatic imine (C=N–C) groups is 1. The average Bonchev–Trinajstić information content (AvgIpc) is 3.83. The van der Waals surface area contributed by atoms with Crippen LogP contribution in [0.3, 0.4) is 0 Å². The Hall–Kier alpha value is -3.52. The fraction of sp³-hybridized carbons (Fsp3) is 0.591. The second-order valence-electron chi connectivity index (χ2n) is 16.2. The van der Waals surface area contributed by atoms with Gasteiger partial charge in [-0.25, -0.2) is 13.8 Å². The fourth-order valence-corrected chi connectivity index (χ4v) is 9.69. The molecule has 10 heteroatoms. The summed E-state index contributed by atoms with van der Waals surface area (Å²) in [5.74, 6) is -0.390. The van der Waals surface area contributed by atoms with Crippen LogP contribution in [0.25, 0.3) is 15.7 Å². The molecule has 0 amide bonds. The van der Waals surface area contributed by atoms with E-state index < -0.39 is 11.6 Å². The van der Waals surface area contributed by atoms with Gasteiger partial charge in [-0.15, -0.1) is 11.3 Å². The molecule has 0 spiro atoms. The highest BCUT2D eigenvalue weighted by atomic mass is 32.1. The van der Waals surface area contributed by atoms with Crippen molar-refractivity contribution in [2.75, 3.05) is 33.9 Å². The van der Waals surface area contributed by atoms with Gasteiger partial charge < -0.3 is 19.5 Å². The van der Waals surface area contributed by atoms with E-state index in [4.69, 9.17) is 14.5 Å². The first kappa shape index (κ1) is 41.6. The highest BCUT2D eigenvalue weighted by Gasteiger charge is 2.49. The van der Waals surface area contributed by atoms with E-state index in [9.17, 15) is 10.4 Å². The van der Waals surface area contributed by atoms with Gasteiger partial charge in [0.15, 0.2) is 5.83 Å². The number of allylic oxidation sites excluding steroid dienone is 6. The molecular weight excluding hydrogens is 703 g/mol. The zero-order chi connectivity index (χ0) is 39.5. The third kappa shape index (κ3) is 8.20. The van der Waals surface area contributed by atoms with E-state index in [1.165, 1.54) is 23.5 Å². The molecule has 1 aromatic heterocycles. The van der Waals surface area contributed by atoms with Gasteiger partial charge in [0.2, 0.25) is 5.88 Å². The molecule has 2 fully saturated rings. The summed E-state index contributed by atoms with van der Waals surface area (Å²) in [5, 5.41) is 22.4. The number of methoxy groups -OCH3 is 1. The van der Waals surface area contributed by atoms with Gasteiger partial charge in [-0.2, -0.15) is 5.26 Å². The molecule has 7 nitrogen and oxygen atoms in total. The lowest BCUT2D eigenvalue weighted by molar-refractivity contribution is 0.0693. The molecule has 0 saturated carbocycles. The maximum Gasteiger partial charge on any atom is 0.209 e. The first-order valence-corrected chi connectivity index (χ1v) is 20.6. The zero-order valence-corrected chi connectivity index (χ0v) is 34.8. The van der Waals surface area contributed by atoms with Gasteiger partial charge in [0.1, 0.15) is 30.0 Å². The summed E-state index contributed by atoms with van der Waals surface area (Å²) in [5.41, 5.74) is 1.51. The Labute approximate surface area is 325 Å². The zero-order valence-electron chi connectivity index (χ0n) is 34.0. The Morgan fingerprint density at radius 3 is 2.57 bits per heavy atom. The lowest BCUT2D eigenvalue weighted by Crippen LogP contribution is -2.42. The molecule has 2 aliphatic heterocycles. The van der Waals surface area contributed by atoms with Gasteiger partial charge in [0.25, 0.3) is 0 Å². The van der Waals surface area contributed by atoms with Crippen molar-refractivity contribution < 1.29 is 23.4 Å². The van der Waals surface area contributed by atoms with E-state index in [0.29, 0.717) is 52.1 Å². The van der Waals surface area contributed by atoms with Gasteiger partial charge in [-0.05, 0) is 93.5 Å². The van der Waals surface area contributed by atoms with Gasteiger partial charge in [-0.3, -0.25) is 4.90 Å². The standard InChI is InChI=1S/C44H60F2N4O3S/c1-11-14-37(53-25-44-19-13-20-50(44)24-30(22-44)52-10)48-41-32(29(8)49(9)35(26(3)4)18-15-28(7)12-2)21-36(51)39(40(41)46)31-16-17-34(45)43-38(31)33(23-47)42(54-43)27(5)6/h14,16-17,21,26-28,30,35,51H,11-13,15,18-20,22,24-25H2,1-10H3/b32-29+,37-14-,48-41+. The fourth-order valence-electron chi connectivity index (χ4n) is 8.51. The third-order valence-corrected chi connectivity index (χ3v) is 13.5. The van der Waals surface area contributed by atoms with Crippen LogP contribution in [0.1, 0.15) is 122 Å². The van der Waals surface area contributed by atoms with Crippen LogP contribution in [0, 0.1) is 29.0 Å². The molecule has 54 heavy (non-hydrogen) atoms. The summed E-state index contributed by atoms with van der Waals surface area (Å²) in [6.07, 6.45) is 10.2. The molecule has 4 atom stereocenters. The quantitative estimate of drug-likeness (QED) is 0.182. The normalized spacial score (nSPS) is 23.7. The maximum atomic E-state index is 17.7. The molecular formula is C44H60F2N4O3S. The van der Waals surface area contributed by atoms with Crippen LogP contribution < -0.4 is 0 Å². The van der Waals surface area contributed by atoms with E-state index >= 15 is 8.78 Å². The van der Waals surface area contributed by atoms with Crippen molar-refractivity contribution in [3.05, 3.63) is 74.8 Å². The Morgan fingerprint density at radius 2 is 1.94 bits per heavy atom. The predicted octanol–water partition coefficient (Wildman–Crippen LogP) is 11.2. The topological polar surface area (TPSA) is 81.3 Å². The minimum Gasteiger partial charge on any atom is -0.507 e. The minimum absolute atomic E-state index is 0.0357. The van der Waals surface area contributed by atoms with Crippen LogP contribution in [0.5, 0.6) is 0 Å². The highest BCUT2D eigenvalue weighted by molar-refractivity contribution is 7.19. The highest BCUT2D eigenvalue weighted by Crippen LogP contribution is 2.45. The molecule has 3 heterocycles. The Morgan fingerprint density at radius 1 is 1.20 bits per heavy atom. The van der Waals surface area contributed by atoms with E-state index in [0.717, 1.165) is 57.3 Å². The lowest BCUT2D eigenvalue weighted by atomic mass is 9.87. The molecule has 1 aromatic carbocycles. The Balaban J connectivity index is 1.69. The van der Waals surface area contributed by atoms with Crippen LogP contribution in [0.2, 0.25) is 0 Å². The molecule has 2 aromatic rings. The van der Waals surface area contributed by atoms with Gasteiger partial charge in [0, 0.05) is 48.3 Å². The molecule has 5 rings (SSSR count). The van der Waals surface area contributed by atoms with Crippen LogP contribution in [0.15, 0.2) is 58.0 Å². The monoisotopic (exact) mass is 762 g/mol. The second-order valence-corrected chi connectivity index (χ2v) is 17.2. The van der Waals surface area contributed by atoms with E-state index in [1.54, 1.807) is 13.2 Å². The van der Waals surface area contributed by atoms with Crippen LogP contribution in [-0.2, 0) is 9.47 Å². The van der Waals surface area contributed by atoms with Crippen molar-refractivity contribution in [1.29, 1.82) is 5.26 Å². The van der Waals surface area contributed by atoms with E-state index in [2.05, 4.69) is 43.6 Å². The summed E-state index contributed by atoms with van der Waals surface area (Å²) in [6, 6.07) is 5.17. The van der Waals surface area contributed by atoms with Crippen molar-refractivity contribution in [3.63, 3.8) is 0 Å². The van der Waals surface area contributed by atoms with Crippen molar-refractivity contribution in [2.45, 2.75) is 124 Å². The van der Waals surface area contributed by atoms with Crippen molar-refractivity contribution in [3.8, 4) is 6.07 Å². The number of benzene rings is 1. The number of aliphatic hydroxyl groups excluding tert-OH is 1. The number of aliphatic hydroxyl groups is 1. The first-order chi connectivity index (χ1) is 25.7. The third-order valence-electron chi connectivity index (χ3n) is 12.0. The molecule has 0 bridgehead atoms. The number of ether oxygens (including phenoxy) is 2. The number of nitriles is 1. The number of rotatable bonds is 15. The molecule has 3 aliphatic rings. The predicted molar refractivity (Wildman–Crippen MR) is 218 cm³/mol. The number of thiophene rings is 1. The minimum atomic E-state index is -0.751. The number of fused-ring (bicyclic) bond motifs is 2. The summed E-state index contributed by atoms with van der Waals surface area (Å²) >= 11 is 1.20. The van der Waals surface area contributed by atoms with Crippen LogP contribution in [-0.4, -0.2) is 72.2 Å². The SMILES string of the molecule is CC/C=C(/N=C1/C(F)=C(c2ccc(F)c3sc(C(C)C)c(C#N)c23)C(O)=C/C1=C(/C)N(C)C(CCC(C)CC)C(C)C)OCC12CCCN1CC(OC)C2. The van der Waals surface area contributed by atoms with E-state index in [-0.39, 0.29) is 50.9 Å². The molecule has 1 N–H and O–H groups in total. The largest absolute Gasteiger partial charge is 0.507 e. The average molecular weight is 763 g/mol. The molecule has 2 saturated heterocycles. The summed E-state index contributed by atoms with van der Waals surface area (Å²) in [4.78, 5) is 10.3. The Kier molecular flexibility index (Phi) is 13.5. The van der Waals surface area contributed by atoms with Gasteiger partial charge in [-0.1, -0.05) is 61.0 Å². The van der Waals surface area contributed by atoms with Crippen LogP contribution >= 0.6 is 11.3 Å². The van der Waals surface area contributed by atoms with Crippen molar-refractivity contribution in [2.24, 2.45) is 16.8 Å². The van der Waals surface area contributed by atoms with Crippen molar-refractivity contribution in [1.82, 2.24) is 9.80 Å². The maximum absolute atomic E-state index is 17.7. The molecule has 4 unspecified atom stereocenters. The Bertz CT molecular complexity index is 1900. The van der Waals surface area contributed by atoms with Crippen LogP contribution in [0.4, 0.5) is 8.78 Å². The van der Waals surface area contributed by atoms with Gasteiger partial charge in [0.05, 0.1) is 27.5 Å². The molecule has 1 aliphatic carbocycles. The lowest BCUT2D eigenvalue weighted by Gasteiger charge is -2.36. The second kappa shape index (κ2) is 17.5. The van der Waals surface area contributed by atoms with Crippen molar-refractivity contribution >= 4 is 32.7 Å². The first-order valence-electron chi connectivity index (χ1n) is 19.8. The molecule has 294 valence electrons. The summed E-state index contributed by atoms with van der Waals surface area (Å²) in [6.45, 7) is 19.0. The van der Waals surface area contributed by atoms with E-state index in [1.807, 2.05) is 40.8 Å². The summed E-state index contributed by atoms with van der Waals surface area (Å²) < 4.78 is 45.6. The number of hydrogen-bond acceptors (Lipinski definition) is 8. The number of nitrogens with zero attached hydrogens (tertiary/aromatic N) is 4. The number of hydrogen-bond donors (Lipinski definition) is 1. The molecule has 0 radical (unpaired) electrons.